The third kappa shape index (κ3) is 7.32. The zero-order valence-corrected chi connectivity index (χ0v) is 27.7. The number of methoxy groups -OCH3 is 1. The number of aryl methyl sites for hydroxylation is 2. The van der Waals surface area contributed by atoms with Crippen LogP contribution in [0.5, 0.6) is 5.75 Å². The van der Waals surface area contributed by atoms with Crippen LogP contribution in [-0.4, -0.2) is 57.3 Å². The Morgan fingerprint density at radius 1 is 1.04 bits per heavy atom. The number of nitrogens with one attached hydrogen (secondary N) is 1. The molecule has 0 bridgehead atoms. The molecule has 3 heterocycles. The summed E-state index contributed by atoms with van der Waals surface area (Å²) in [5.74, 6) is -0.0363. The predicted molar refractivity (Wildman–Crippen MR) is 176 cm³/mol. The average molecular weight is 644 g/mol. The highest BCUT2D eigenvalue weighted by atomic mass is 16.6. The second-order valence-corrected chi connectivity index (χ2v) is 12.6. The van der Waals surface area contributed by atoms with E-state index < -0.39 is 17.7 Å². The molecule has 12 nitrogen and oxygen atoms in total. The van der Waals surface area contributed by atoms with E-state index in [1.54, 1.807) is 32.6 Å². The van der Waals surface area contributed by atoms with Crippen molar-refractivity contribution in [3.05, 3.63) is 70.7 Å². The summed E-state index contributed by atoms with van der Waals surface area (Å²) in [5, 5.41) is 21.0. The van der Waals surface area contributed by atoms with Crippen LogP contribution in [0.1, 0.15) is 79.5 Å². The summed E-state index contributed by atoms with van der Waals surface area (Å²) in [4.78, 5) is 40.2. The molecule has 0 atom stereocenters. The smallest absolute Gasteiger partial charge is 0.415 e. The molecule has 5 rings (SSSR count). The van der Waals surface area contributed by atoms with Crippen molar-refractivity contribution in [2.24, 2.45) is 0 Å². The summed E-state index contributed by atoms with van der Waals surface area (Å²) in [6, 6.07) is 13.4. The van der Waals surface area contributed by atoms with Gasteiger partial charge < -0.3 is 24.4 Å². The third-order valence-corrected chi connectivity index (χ3v) is 7.89. The van der Waals surface area contributed by atoms with Crippen LogP contribution >= 0.6 is 0 Å². The second kappa shape index (κ2) is 13.7. The molecule has 12 heteroatoms. The normalized spacial score (nSPS) is 12.3. The number of fused-ring (bicyclic) bond motifs is 3. The number of hydrogen-bond donors (Lipinski definition) is 2. The van der Waals surface area contributed by atoms with Gasteiger partial charge in [-0.1, -0.05) is 41.9 Å². The van der Waals surface area contributed by atoms with Crippen LogP contribution in [0.15, 0.2) is 47.0 Å². The Morgan fingerprint density at radius 2 is 1.79 bits per heavy atom. The number of amides is 2. The van der Waals surface area contributed by atoms with E-state index in [1.165, 1.54) is 4.90 Å². The SMILES string of the molecule is COc1cc2c(cc1-c1c(C)noc1C)N(C(=O)OC(C)(C)C)Cc1c-2nn(Cc2ccccc2)c1C(=O)NCCCCCC(=O)O. The zero-order chi connectivity index (χ0) is 33.9. The fourth-order valence-corrected chi connectivity index (χ4v) is 5.79. The highest BCUT2D eigenvalue weighted by molar-refractivity contribution is 6.03. The van der Waals surface area contributed by atoms with E-state index in [0.717, 1.165) is 11.1 Å². The van der Waals surface area contributed by atoms with Crippen molar-refractivity contribution < 1.29 is 33.5 Å². The Labute approximate surface area is 273 Å². The molecular formula is C35H41N5O7. The van der Waals surface area contributed by atoms with Crippen LogP contribution < -0.4 is 15.0 Å². The summed E-state index contributed by atoms with van der Waals surface area (Å²) >= 11 is 0. The van der Waals surface area contributed by atoms with Gasteiger partial charge in [-0.15, -0.1) is 0 Å². The molecule has 0 spiro atoms. The molecule has 0 fully saturated rings. The molecule has 0 saturated heterocycles. The van der Waals surface area contributed by atoms with Gasteiger partial charge in [-0.3, -0.25) is 19.2 Å². The largest absolute Gasteiger partial charge is 0.496 e. The number of aromatic nitrogens is 3. The van der Waals surface area contributed by atoms with E-state index in [0.29, 0.717) is 83.3 Å². The maximum atomic E-state index is 13.9. The summed E-state index contributed by atoms with van der Waals surface area (Å²) < 4.78 is 18.9. The monoisotopic (exact) mass is 643 g/mol. The molecule has 2 aromatic carbocycles. The Kier molecular flexibility index (Phi) is 9.69. The highest BCUT2D eigenvalue weighted by Crippen LogP contribution is 2.47. The molecule has 1 aliphatic heterocycles. The topological polar surface area (TPSA) is 149 Å². The maximum absolute atomic E-state index is 13.9. The Morgan fingerprint density at radius 3 is 2.43 bits per heavy atom. The second-order valence-electron chi connectivity index (χ2n) is 12.6. The Hall–Kier alpha value is -5.13. The standard InChI is InChI=1S/C35H41N5O7/c1-21-30(22(2)47-38-21)25-17-27-24(18-28(25)45-6)31-26(20-39(27)34(44)46-35(3,4)5)32(33(43)36-16-12-8-11-15-29(41)42)40(37-31)19-23-13-9-7-10-14-23/h7,9-10,13-14,17-18H,8,11-12,15-16,19-20H2,1-6H3,(H,36,43)(H,41,42). The minimum absolute atomic E-state index is 0.0424. The number of benzene rings is 2. The number of ether oxygens (including phenoxy) is 2. The van der Waals surface area contributed by atoms with Gasteiger partial charge in [0.05, 0.1) is 37.1 Å². The minimum atomic E-state index is -0.837. The molecule has 0 aliphatic carbocycles. The van der Waals surface area contributed by atoms with Crippen molar-refractivity contribution in [1.29, 1.82) is 0 Å². The lowest BCUT2D eigenvalue weighted by Gasteiger charge is -2.32. The van der Waals surface area contributed by atoms with Crippen molar-refractivity contribution in [3.8, 4) is 28.1 Å². The number of nitrogens with zero attached hydrogens (tertiary/aromatic N) is 4. The molecule has 1 aliphatic rings. The molecule has 2 aromatic heterocycles. The van der Waals surface area contributed by atoms with E-state index >= 15 is 0 Å². The molecule has 0 radical (unpaired) electrons. The van der Waals surface area contributed by atoms with Crippen molar-refractivity contribution in [2.75, 3.05) is 18.6 Å². The predicted octanol–water partition coefficient (Wildman–Crippen LogP) is 6.51. The van der Waals surface area contributed by atoms with Gasteiger partial charge in [0.15, 0.2) is 0 Å². The van der Waals surface area contributed by atoms with Gasteiger partial charge in [0.25, 0.3) is 5.91 Å². The van der Waals surface area contributed by atoms with Gasteiger partial charge in [-0.05, 0) is 65.2 Å². The number of anilines is 1. The number of unbranched alkanes of at least 4 members (excludes halogenated alkanes) is 2. The van der Waals surface area contributed by atoms with Crippen molar-refractivity contribution in [2.45, 2.75) is 79.0 Å². The van der Waals surface area contributed by atoms with Gasteiger partial charge in [0, 0.05) is 29.7 Å². The summed E-state index contributed by atoms with van der Waals surface area (Å²) in [6.07, 6.45) is 1.35. The molecule has 0 unspecified atom stereocenters. The van der Waals surface area contributed by atoms with E-state index in [2.05, 4.69) is 10.5 Å². The first-order chi connectivity index (χ1) is 22.4. The first-order valence-corrected chi connectivity index (χ1v) is 15.7. The van der Waals surface area contributed by atoms with E-state index in [4.69, 9.17) is 24.2 Å². The summed E-state index contributed by atoms with van der Waals surface area (Å²) in [5.41, 5.74) is 4.95. The number of hydrogen-bond acceptors (Lipinski definition) is 8. The lowest BCUT2D eigenvalue weighted by Crippen LogP contribution is -2.39. The van der Waals surface area contributed by atoms with Crippen LogP contribution in [0, 0.1) is 13.8 Å². The van der Waals surface area contributed by atoms with Crippen LogP contribution in [0.3, 0.4) is 0 Å². The van der Waals surface area contributed by atoms with E-state index in [-0.39, 0.29) is 18.9 Å². The van der Waals surface area contributed by atoms with Gasteiger partial charge in [-0.25, -0.2) is 4.79 Å². The first kappa shape index (κ1) is 33.2. The van der Waals surface area contributed by atoms with Gasteiger partial charge >= 0.3 is 12.1 Å². The molecule has 4 aromatic rings. The molecular weight excluding hydrogens is 602 g/mol. The Bertz CT molecular complexity index is 1770. The molecule has 47 heavy (non-hydrogen) atoms. The molecule has 2 N–H and O–H groups in total. The fourth-order valence-electron chi connectivity index (χ4n) is 5.79. The highest BCUT2D eigenvalue weighted by Gasteiger charge is 2.37. The molecule has 0 saturated carbocycles. The van der Waals surface area contributed by atoms with E-state index in [9.17, 15) is 14.4 Å². The minimum Gasteiger partial charge on any atom is -0.496 e. The Balaban J connectivity index is 1.63. The van der Waals surface area contributed by atoms with Crippen molar-refractivity contribution in [1.82, 2.24) is 20.3 Å². The molecule has 2 amide bonds. The van der Waals surface area contributed by atoms with Crippen LogP contribution in [0.25, 0.3) is 22.4 Å². The number of carboxylic acids is 1. The first-order valence-electron chi connectivity index (χ1n) is 15.7. The van der Waals surface area contributed by atoms with Crippen LogP contribution in [0.4, 0.5) is 10.5 Å². The molecule has 248 valence electrons. The van der Waals surface area contributed by atoms with Gasteiger partial charge in [-0.2, -0.15) is 5.10 Å². The van der Waals surface area contributed by atoms with Crippen molar-refractivity contribution in [3.63, 3.8) is 0 Å². The number of carbonyl (C=O) groups is 3. The summed E-state index contributed by atoms with van der Waals surface area (Å²) in [7, 11) is 1.57. The number of rotatable bonds is 11. The van der Waals surface area contributed by atoms with Gasteiger partial charge in [0.1, 0.15) is 28.5 Å². The van der Waals surface area contributed by atoms with Gasteiger partial charge in [0.2, 0.25) is 0 Å². The third-order valence-electron chi connectivity index (χ3n) is 7.89. The zero-order valence-electron chi connectivity index (χ0n) is 27.7. The van der Waals surface area contributed by atoms with Crippen molar-refractivity contribution >= 4 is 23.7 Å². The number of carboxylic acid groups (broad SMARTS) is 1. The number of carbonyl (C=O) groups excluding carboxylic acids is 2. The lowest BCUT2D eigenvalue weighted by atomic mass is 9.93. The average Bonchev–Trinajstić information content (AvgIpc) is 3.55. The lowest BCUT2D eigenvalue weighted by molar-refractivity contribution is -0.137. The van der Waals surface area contributed by atoms with E-state index in [1.807, 2.05) is 56.3 Å². The maximum Gasteiger partial charge on any atom is 0.415 e. The van der Waals surface area contributed by atoms with Crippen LogP contribution in [-0.2, 0) is 22.6 Å². The van der Waals surface area contributed by atoms with Crippen LogP contribution in [0.2, 0.25) is 0 Å². The fraction of sp³-hybridized carbons (Fsp3) is 0.400. The summed E-state index contributed by atoms with van der Waals surface area (Å²) in [6.45, 7) is 9.81. The quantitative estimate of drug-likeness (QED) is 0.174. The number of aliphatic carboxylic acids is 1.